The zero-order chi connectivity index (χ0) is 28.8. The van der Waals surface area contributed by atoms with Crippen molar-refractivity contribution in [3.05, 3.63) is 92.3 Å². The predicted molar refractivity (Wildman–Crippen MR) is 146 cm³/mol. The van der Waals surface area contributed by atoms with Crippen LogP contribution in [0, 0.1) is 11.5 Å². The fraction of sp³-hybridized carbons (Fsp3) is 0.192. The molecule has 1 unspecified atom stereocenters. The normalized spacial score (nSPS) is 15.0. The molecule has 0 aliphatic carbocycles. The van der Waals surface area contributed by atoms with E-state index in [-0.39, 0.29) is 41.2 Å². The lowest BCUT2D eigenvalue weighted by molar-refractivity contribution is -0.0498. The lowest BCUT2D eigenvalue weighted by Crippen LogP contribution is -2.48. The Kier molecular flexibility index (Phi) is 8.98. The van der Waals surface area contributed by atoms with Crippen molar-refractivity contribution in [3.8, 4) is 11.9 Å². The summed E-state index contributed by atoms with van der Waals surface area (Å²) in [5.74, 6) is -0.608. The van der Waals surface area contributed by atoms with E-state index in [1.807, 2.05) is 0 Å². The molecule has 0 fully saturated rings. The summed E-state index contributed by atoms with van der Waals surface area (Å²) in [5, 5.41) is 18.5. The number of alkyl halides is 2. The van der Waals surface area contributed by atoms with Crippen molar-refractivity contribution >= 4 is 46.5 Å². The van der Waals surface area contributed by atoms with Crippen LogP contribution in [0.2, 0.25) is 10.0 Å². The third kappa shape index (κ3) is 6.56. The van der Waals surface area contributed by atoms with Gasteiger partial charge in [-0.1, -0.05) is 41.4 Å². The maximum Gasteiger partial charge on any atom is 0.387 e. The highest BCUT2D eigenvalue weighted by Crippen LogP contribution is 2.28. The van der Waals surface area contributed by atoms with Gasteiger partial charge in [0.05, 0.1) is 34.0 Å². The number of aromatic nitrogens is 1. The Morgan fingerprint density at radius 2 is 2.02 bits per heavy atom. The standard InChI is InChI=1S/C26H21Cl2F2N7O3/c1-2-36(24(39)20-7-4-8-22(38)34-20)21-13-37(35-23(21)15-9-10-18(27)19(28)11-15)26(32-14-31)33-16-5-3-6-17(12-16)40-25(29)30/h3-12,21,25H,2,13H2,1H3,(H,32,33)(H,34,38). The molecule has 0 bridgehead atoms. The molecule has 0 saturated heterocycles. The third-order valence-electron chi connectivity index (χ3n) is 5.77. The van der Waals surface area contributed by atoms with Crippen LogP contribution in [0.4, 0.5) is 14.5 Å². The van der Waals surface area contributed by atoms with Crippen LogP contribution < -0.4 is 15.6 Å². The van der Waals surface area contributed by atoms with E-state index in [0.29, 0.717) is 16.3 Å². The Labute approximate surface area is 237 Å². The molecule has 0 saturated carbocycles. The number of hydrogen-bond donors (Lipinski definition) is 2. The molecule has 2 heterocycles. The number of carbonyl (C=O) groups excluding carboxylic acids is 1. The van der Waals surface area contributed by atoms with Gasteiger partial charge in [-0.15, -0.1) is 0 Å². The SMILES string of the molecule is CCN(C(=O)c1cccc(=O)[nH]1)C1CN(C(=Nc2cccc(OC(F)F)c2)NC#N)N=C1c1ccc(Cl)c(Cl)c1. The number of nitrogens with one attached hydrogen (secondary N) is 2. The lowest BCUT2D eigenvalue weighted by Gasteiger charge is -2.29. The number of likely N-dealkylation sites (N-methyl/N-ethyl adjacent to an activating group) is 1. The molecule has 4 rings (SSSR count). The van der Waals surface area contributed by atoms with E-state index in [1.54, 1.807) is 31.3 Å². The van der Waals surface area contributed by atoms with Crippen molar-refractivity contribution in [1.29, 1.82) is 5.26 Å². The molecule has 2 N–H and O–H groups in total. The van der Waals surface area contributed by atoms with Crippen LogP contribution in [-0.4, -0.2) is 58.2 Å². The van der Waals surface area contributed by atoms with E-state index in [9.17, 15) is 23.6 Å². The second kappa shape index (κ2) is 12.6. The maximum atomic E-state index is 13.5. The zero-order valence-corrected chi connectivity index (χ0v) is 22.3. The number of pyridine rings is 1. The maximum absolute atomic E-state index is 13.5. The van der Waals surface area contributed by atoms with Crippen molar-refractivity contribution in [2.75, 3.05) is 13.1 Å². The fourth-order valence-corrected chi connectivity index (χ4v) is 4.36. The number of benzene rings is 2. The number of ether oxygens (including phenoxy) is 1. The van der Waals surface area contributed by atoms with E-state index in [2.05, 4.69) is 25.1 Å². The number of amides is 1. The summed E-state index contributed by atoms with van der Waals surface area (Å²) < 4.78 is 29.8. The number of carbonyl (C=O) groups is 1. The minimum Gasteiger partial charge on any atom is -0.435 e. The highest BCUT2D eigenvalue weighted by atomic mass is 35.5. The number of guanidine groups is 1. The van der Waals surface area contributed by atoms with Crippen LogP contribution in [0.25, 0.3) is 0 Å². The largest absolute Gasteiger partial charge is 0.435 e. The van der Waals surface area contributed by atoms with E-state index in [4.69, 9.17) is 23.2 Å². The number of nitriles is 1. The average Bonchev–Trinajstić information content (AvgIpc) is 3.35. The van der Waals surface area contributed by atoms with Gasteiger partial charge in [0, 0.05) is 24.2 Å². The Morgan fingerprint density at radius 3 is 2.70 bits per heavy atom. The Bertz CT molecular complexity index is 1570. The van der Waals surface area contributed by atoms with Gasteiger partial charge in [0.15, 0.2) is 6.19 Å². The number of hydrogen-bond acceptors (Lipinski definition) is 6. The Balaban J connectivity index is 1.77. The molecule has 0 radical (unpaired) electrons. The van der Waals surface area contributed by atoms with Crippen molar-refractivity contribution < 1.29 is 18.3 Å². The van der Waals surface area contributed by atoms with Gasteiger partial charge in [-0.05, 0) is 37.3 Å². The molecule has 14 heteroatoms. The zero-order valence-electron chi connectivity index (χ0n) is 20.8. The van der Waals surface area contributed by atoms with Crippen LogP contribution in [0.1, 0.15) is 23.0 Å². The van der Waals surface area contributed by atoms with E-state index in [0.717, 1.165) is 0 Å². The average molecular weight is 588 g/mol. The molecular weight excluding hydrogens is 567 g/mol. The minimum atomic E-state index is -3.02. The second-order valence-corrected chi connectivity index (χ2v) is 9.09. The van der Waals surface area contributed by atoms with Gasteiger partial charge in [-0.3, -0.25) is 14.9 Å². The summed E-state index contributed by atoms with van der Waals surface area (Å²) in [6, 6.07) is 14.1. The first-order chi connectivity index (χ1) is 19.2. The summed E-state index contributed by atoms with van der Waals surface area (Å²) in [4.78, 5) is 33.8. The molecule has 1 aromatic heterocycles. The lowest BCUT2D eigenvalue weighted by atomic mass is 10.0. The molecule has 3 aromatic rings. The van der Waals surface area contributed by atoms with Crippen LogP contribution in [0.5, 0.6) is 5.75 Å². The van der Waals surface area contributed by atoms with E-state index in [1.165, 1.54) is 52.4 Å². The molecule has 1 aliphatic rings. The quantitative estimate of drug-likeness (QED) is 0.180. The van der Waals surface area contributed by atoms with Crippen LogP contribution >= 0.6 is 23.2 Å². The number of aliphatic imine (C=N–C) groups is 1. The molecule has 2 aromatic carbocycles. The molecule has 0 spiro atoms. The topological polar surface area (TPSA) is 126 Å². The number of halogens is 4. The van der Waals surface area contributed by atoms with Crippen molar-refractivity contribution in [3.63, 3.8) is 0 Å². The molecule has 10 nitrogen and oxygen atoms in total. The molecule has 206 valence electrons. The molecular formula is C26H21Cl2F2N7O3. The van der Waals surface area contributed by atoms with Crippen molar-refractivity contribution in [2.45, 2.75) is 19.6 Å². The van der Waals surface area contributed by atoms with Crippen molar-refractivity contribution in [1.82, 2.24) is 20.2 Å². The first-order valence-corrected chi connectivity index (χ1v) is 12.6. The summed E-state index contributed by atoms with van der Waals surface area (Å²) in [5.41, 5.74) is 0.823. The van der Waals surface area contributed by atoms with Gasteiger partial charge in [0.25, 0.3) is 5.91 Å². The van der Waals surface area contributed by atoms with Gasteiger partial charge in [0.2, 0.25) is 11.5 Å². The third-order valence-corrected chi connectivity index (χ3v) is 6.51. The Hall–Kier alpha value is -4.47. The highest BCUT2D eigenvalue weighted by Gasteiger charge is 2.37. The predicted octanol–water partition coefficient (Wildman–Crippen LogP) is 4.59. The van der Waals surface area contributed by atoms with Gasteiger partial charge in [-0.2, -0.15) is 19.1 Å². The Morgan fingerprint density at radius 1 is 1.25 bits per heavy atom. The monoisotopic (exact) mass is 587 g/mol. The number of H-pyrrole nitrogens is 1. The molecule has 40 heavy (non-hydrogen) atoms. The van der Waals surface area contributed by atoms with Gasteiger partial charge < -0.3 is 14.6 Å². The molecule has 1 amide bonds. The summed E-state index contributed by atoms with van der Waals surface area (Å²) in [7, 11) is 0. The van der Waals surface area contributed by atoms with Gasteiger partial charge in [0.1, 0.15) is 11.4 Å². The summed E-state index contributed by atoms with van der Waals surface area (Å²) in [6.45, 7) is -0.969. The fourth-order valence-electron chi connectivity index (χ4n) is 4.06. The first-order valence-electron chi connectivity index (χ1n) is 11.8. The highest BCUT2D eigenvalue weighted by molar-refractivity contribution is 6.42. The number of rotatable bonds is 7. The first kappa shape index (κ1) is 28.5. The number of hydrazone groups is 1. The molecule has 1 aliphatic heterocycles. The summed E-state index contributed by atoms with van der Waals surface area (Å²) in [6.07, 6.45) is 1.79. The van der Waals surface area contributed by atoms with Crippen molar-refractivity contribution in [2.24, 2.45) is 10.1 Å². The minimum absolute atomic E-state index is 0.0339. The van der Waals surface area contributed by atoms with E-state index < -0.39 is 24.1 Å². The number of nitrogens with zero attached hydrogens (tertiary/aromatic N) is 5. The number of aromatic amines is 1. The summed E-state index contributed by atoms with van der Waals surface area (Å²) >= 11 is 12.4. The van der Waals surface area contributed by atoms with E-state index >= 15 is 0 Å². The van der Waals surface area contributed by atoms with Crippen LogP contribution in [0.15, 0.2) is 75.6 Å². The van der Waals surface area contributed by atoms with Crippen LogP contribution in [0.3, 0.4) is 0 Å². The van der Waals surface area contributed by atoms with Crippen LogP contribution in [-0.2, 0) is 0 Å². The van der Waals surface area contributed by atoms with Gasteiger partial charge >= 0.3 is 6.61 Å². The molecule has 1 atom stereocenters. The second-order valence-electron chi connectivity index (χ2n) is 8.28. The van der Waals surface area contributed by atoms with Gasteiger partial charge in [-0.25, -0.2) is 10.0 Å². The smallest absolute Gasteiger partial charge is 0.387 e.